The number of aliphatic carboxylic acids is 1. The number of carbonyl (C=O) groups is 2. The lowest BCUT2D eigenvalue weighted by Gasteiger charge is -2.34. The average molecular weight is 276 g/mol. The highest BCUT2D eigenvalue weighted by Gasteiger charge is 2.33. The smallest absolute Gasteiger partial charge is 0.326 e. The van der Waals surface area contributed by atoms with Crippen molar-refractivity contribution < 1.29 is 14.7 Å². The zero-order valence-corrected chi connectivity index (χ0v) is 11.4. The van der Waals surface area contributed by atoms with Crippen molar-refractivity contribution in [2.24, 2.45) is 5.73 Å². The number of amides is 1. The van der Waals surface area contributed by atoms with Crippen molar-refractivity contribution in [2.45, 2.75) is 38.3 Å². The van der Waals surface area contributed by atoms with Crippen LogP contribution >= 0.6 is 0 Å². The molecule has 5 heteroatoms. The number of carboxylic acids is 1. The van der Waals surface area contributed by atoms with Gasteiger partial charge in [-0.2, -0.15) is 0 Å². The maximum atomic E-state index is 12.2. The molecule has 0 saturated heterocycles. The monoisotopic (exact) mass is 276 g/mol. The minimum Gasteiger partial charge on any atom is -0.480 e. The molecule has 1 aliphatic heterocycles. The number of rotatable bonds is 5. The van der Waals surface area contributed by atoms with Crippen LogP contribution < -0.4 is 5.73 Å². The van der Waals surface area contributed by atoms with Crippen LogP contribution in [0.3, 0.4) is 0 Å². The highest BCUT2D eigenvalue weighted by Crippen LogP contribution is 2.24. The van der Waals surface area contributed by atoms with Gasteiger partial charge in [-0.1, -0.05) is 24.3 Å². The maximum Gasteiger partial charge on any atom is 0.326 e. The molecule has 0 aromatic heterocycles. The summed E-state index contributed by atoms with van der Waals surface area (Å²) >= 11 is 0. The SMILES string of the molecule is NCCCCC(=O)N1Cc2ccccc2C[C@H]1C(=O)O. The van der Waals surface area contributed by atoms with Crippen LogP contribution in [0.15, 0.2) is 24.3 Å². The fourth-order valence-corrected chi connectivity index (χ4v) is 2.57. The summed E-state index contributed by atoms with van der Waals surface area (Å²) in [7, 11) is 0. The fourth-order valence-electron chi connectivity index (χ4n) is 2.57. The Bertz CT molecular complexity index is 502. The van der Waals surface area contributed by atoms with Gasteiger partial charge in [-0.05, 0) is 30.5 Å². The standard InChI is InChI=1S/C15H20N2O3/c16-8-4-3-7-14(18)17-10-12-6-2-1-5-11(12)9-13(17)15(19)20/h1-2,5-6,13H,3-4,7-10,16H2,(H,19,20)/t13-/m0/s1. The van der Waals surface area contributed by atoms with E-state index in [1.165, 1.54) is 4.90 Å². The molecule has 0 saturated carbocycles. The molecule has 1 atom stereocenters. The van der Waals surface area contributed by atoms with Crippen LogP contribution in [0.25, 0.3) is 0 Å². The first-order valence-corrected chi connectivity index (χ1v) is 6.92. The highest BCUT2D eigenvalue weighted by molar-refractivity contribution is 5.84. The Morgan fingerprint density at radius 1 is 1.25 bits per heavy atom. The predicted molar refractivity (Wildman–Crippen MR) is 75.0 cm³/mol. The molecule has 0 bridgehead atoms. The molecule has 0 unspecified atom stereocenters. The molecule has 5 nitrogen and oxygen atoms in total. The third-order valence-corrected chi connectivity index (χ3v) is 3.70. The molecule has 0 fully saturated rings. The van der Waals surface area contributed by atoms with Crippen LogP contribution in [0.5, 0.6) is 0 Å². The van der Waals surface area contributed by atoms with Gasteiger partial charge in [-0.25, -0.2) is 4.79 Å². The molecular formula is C15H20N2O3. The Balaban J connectivity index is 2.13. The zero-order chi connectivity index (χ0) is 14.5. The van der Waals surface area contributed by atoms with E-state index >= 15 is 0 Å². The van der Waals surface area contributed by atoms with Crippen molar-refractivity contribution in [1.82, 2.24) is 4.90 Å². The van der Waals surface area contributed by atoms with Gasteiger partial charge in [-0.3, -0.25) is 4.79 Å². The van der Waals surface area contributed by atoms with Gasteiger partial charge in [0.1, 0.15) is 6.04 Å². The third-order valence-electron chi connectivity index (χ3n) is 3.70. The Labute approximate surface area is 118 Å². The van der Waals surface area contributed by atoms with Gasteiger partial charge in [0.15, 0.2) is 0 Å². The number of nitrogens with zero attached hydrogens (tertiary/aromatic N) is 1. The summed E-state index contributed by atoms with van der Waals surface area (Å²) in [5.74, 6) is -1.04. The summed E-state index contributed by atoms with van der Waals surface area (Å²) in [6.07, 6.45) is 2.24. The minimum atomic E-state index is -0.938. The van der Waals surface area contributed by atoms with Gasteiger partial charge < -0.3 is 15.7 Å². The number of carbonyl (C=O) groups excluding carboxylic acids is 1. The van der Waals surface area contributed by atoms with Crippen LogP contribution in [0, 0.1) is 0 Å². The van der Waals surface area contributed by atoms with Crippen molar-refractivity contribution in [3.63, 3.8) is 0 Å². The second kappa shape index (κ2) is 6.52. The van der Waals surface area contributed by atoms with E-state index in [0.29, 0.717) is 32.4 Å². The first-order chi connectivity index (χ1) is 9.63. The maximum absolute atomic E-state index is 12.2. The van der Waals surface area contributed by atoms with Crippen LogP contribution in [-0.2, 0) is 22.6 Å². The van der Waals surface area contributed by atoms with Gasteiger partial charge in [0.05, 0.1) is 0 Å². The molecule has 0 spiro atoms. The Morgan fingerprint density at radius 2 is 1.95 bits per heavy atom. The van der Waals surface area contributed by atoms with Crippen molar-refractivity contribution in [3.05, 3.63) is 35.4 Å². The molecule has 108 valence electrons. The average Bonchev–Trinajstić information content (AvgIpc) is 2.46. The van der Waals surface area contributed by atoms with Gasteiger partial charge in [0, 0.05) is 19.4 Å². The molecule has 1 amide bonds. The summed E-state index contributed by atoms with van der Waals surface area (Å²) in [6, 6.07) is 6.94. The van der Waals surface area contributed by atoms with E-state index in [1.54, 1.807) is 0 Å². The van der Waals surface area contributed by atoms with E-state index < -0.39 is 12.0 Å². The van der Waals surface area contributed by atoms with E-state index in [9.17, 15) is 14.7 Å². The highest BCUT2D eigenvalue weighted by atomic mass is 16.4. The second-order valence-electron chi connectivity index (χ2n) is 5.09. The lowest BCUT2D eigenvalue weighted by Crippen LogP contribution is -2.48. The van der Waals surface area contributed by atoms with Gasteiger partial charge in [0.25, 0.3) is 0 Å². The zero-order valence-electron chi connectivity index (χ0n) is 11.4. The number of benzene rings is 1. The lowest BCUT2D eigenvalue weighted by atomic mass is 9.93. The molecule has 2 rings (SSSR count). The summed E-state index contributed by atoms with van der Waals surface area (Å²) in [6.45, 7) is 0.938. The number of nitrogens with two attached hydrogens (primary N) is 1. The van der Waals surface area contributed by atoms with E-state index in [2.05, 4.69) is 0 Å². The van der Waals surface area contributed by atoms with Crippen LogP contribution in [0.1, 0.15) is 30.4 Å². The predicted octanol–water partition coefficient (Wildman–Crippen LogP) is 1.15. The molecule has 0 radical (unpaired) electrons. The quantitative estimate of drug-likeness (QED) is 0.790. The second-order valence-corrected chi connectivity index (χ2v) is 5.09. The molecule has 1 aliphatic rings. The lowest BCUT2D eigenvalue weighted by molar-refractivity contribution is -0.151. The summed E-state index contributed by atoms with van der Waals surface area (Å²) in [4.78, 5) is 25.1. The van der Waals surface area contributed by atoms with Crippen LogP contribution in [0.4, 0.5) is 0 Å². The molecule has 3 N–H and O–H groups in total. The Hall–Kier alpha value is -1.88. The van der Waals surface area contributed by atoms with Crippen molar-refractivity contribution >= 4 is 11.9 Å². The van der Waals surface area contributed by atoms with Gasteiger partial charge in [-0.15, -0.1) is 0 Å². The first kappa shape index (κ1) is 14.5. The topological polar surface area (TPSA) is 83.6 Å². The molecular weight excluding hydrogens is 256 g/mol. The summed E-state index contributed by atoms with van der Waals surface area (Å²) < 4.78 is 0. The molecule has 20 heavy (non-hydrogen) atoms. The Kier molecular flexibility index (Phi) is 4.74. The molecule has 1 aromatic rings. The van der Waals surface area contributed by atoms with E-state index in [4.69, 9.17) is 5.73 Å². The molecule has 1 aromatic carbocycles. The van der Waals surface area contributed by atoms with Gasteiger partial charge in [0.2, 0.25) is 5.91 Å². The number of carboxylic acid groups (broad SMARTS) is 1. The molecule has 0 aliphatic carbocycles. The number of hydrogen-bond donors (Lipinski definition) is 2. The van der Waals surface area contributed by atoms with Gasteiger partial charge >= 0.3 is 5.97 Å². The summed E-state index contributed by atoms with van der Waals surface area (Å²) in [5, 5.41) is 9.34. The van der Waals surface area contributed by atoms with E-state index in [0.717, 1.165) is 17.5 Å². The fraction of sp³-hybridized carbons (Fsp3) is 0.467. The first-order valence-electron chi connectivity index (χ1n) is 6.92. The number of hydrogen-bond acceptors (Lipinski definition) is 3. The number of unbranched alkanes of at least 4 members (excludes halogenated alkanes) is 1. The van der Waals surface area contributed by atoms with Crippen molar-refractivity contribution in [3.8, 4) is 0 Å². The van der Waals surface area contributed by atoms with E-state index in [1.807, 2.05) is 24.3 Å². The van der Waals surface area contributed by atoms with Crippen LogP contribution in [-0.4, -0.2) is 34.5 Å². The Morgan fingerprint density at radius 3 is 2.60 bits per heavy atom. The normalized spacial score (nSPS) is 17.6. The number of fused-ring (bicyclic) bond motifs is 1. The molecule has 1 heterocycles. The van der Waals surface area contributed by atoms with Crippen molar-refractivity contribution in [1.29, 1.82) is 0 Å². The van der Waals surface area contributed by atoms with Crippen LogP contribution in [0.2, 0.25) is 0 Å². The summed E-state index contributed by atoms with van der Waals surface area (Å²) in [5.41, 5.74) is 7.47. The largest absolute Gasteiger partial charge is 0.480 e. The van der Waals surface area contributed by atoms with Crippen molar-refractivity contribution in [2.75, 3.05) is 6.54 Å². The minimum absolute atomic E-state index is 0.0969. The van der Waals surface area contributed by atoms with E-state index in [-0.39, 0.29) is 5.91 Å². The third kappa shape index (κ3) is 3.17.